The molecule has 12 heavy (non-hydrogen) atoms. The molecule has 1 rings (SSSR count). The van der Waals surface area contributed by atoms with Gasteiger partial charge < -0.3 is 10.1 Å². The monoisotopic (exact) mass is 171 g/mol. The van der Waals surface area contributed by atoms with Crippen LogP contribution in [0.1, 0.15) is 46.0 Å². The SMILES string of the molecule is C1=COCN1.CCCCCCC. The van der Waals surface area contributed by atoms with E-state index in [1.807, 2.05) is 0 Å². The first-order valence-electron chi connectivity index (χ1n) is 4.91. The van der Waals surface area contributed by atoms with Gasteiger partial charge in [-0.3, -0.25) is 0 Å². The first-order chi connectivity index (χ1) is 5.91. The fraction of sp³-hybridized carbons (Fsp3) is 0.800. The summed E-state index contributed by atoms with van der Waals surface area (Å²) in [6.07, 6.45) is 10.4. The highest BCUT2D eigenvalue weighted by molar-refractivity contribution is 4.73. The molecule has 0 saturated carbocycles. The Hall–Kier alpha value is -0.660. The minimum Gasteiger partial charge on any atom is -0.479 e. The molecule has 0 fully saturated rings. The van der Waals surface area contributed by atoms with Crippen molar-refractivity contribution in [3.8, 4) is 0 Å². The lowest BCUT2D eigenvalue weighted by molar-refractivity contribution is 0.267. The molecule has 0 saturated heterocycles. The molecule has 0 spiro atoms. The predicted octanol–water partition coefficient (Wildman–Crippen LogP) is 3.01. The van der Waals surface area contributed by atoms with Crippen LogP contribution in [0.25, 0.3) is 0 Å². The quantitative estimate of drug-likeness (QED) is 0.656. The summed E-state index contributed by atoms with van der Waals surface area (Å²) >= 11 is 0. The third-order valence-corrected chi connectivity index (χ3v) is 1.66. The maximum Gasteiger partial charge on any atom is 0.157 e. The van der Waals surface area contributed by atoms with Gasteiger partial charge in [-0.05, 0) is 0 Å². The van der Waals surface area contributed by atoms with E-state index < -0.39 is 0 Å². The molecule has 0 unspecified atom stereocenters. The molecular formula is C10H21NO. The molecular weight excluding hydrogens is 150 g/mol. The highest BCUT2D eigenvalue weighted by atomic mass is 16.5. The van der Waals surface area contributed by atoms with Gasteiger partial charge in [0.2, 0.25) is 0 Å². The first-order valence-corrected chi connectivity index (χ1v) is 4.91. The van der Waals surface area contributed by atoms with Crippen molar-refractivity contribution in [2.45, 2.75) is 46.0 Å². The molecule has 0 amide bonds. The van der Waals surface area contributed by atoms with Gasteiger partial charge in [0.15, 0.2) is 6.73 Å². The largest absolute Gasteiger partial charge is 0.479 e. The van der Waals surface area contributed by atoms with Crippen molar-refractivity contribution in [2.24, 2.45) is 0 Å². The summed E-state index contributed by atoms with van der Waals surface area (Å²) < 4.78 is 4.65. The smallest absolute Gasteiger partial charge is 0.157 e. The summed E-state index contributed by atoms with van der Waals surface area (Å²) in [5.41, 5.74) is 0. The van der Waals surface area contributed by atoms with E-state index in [4.69, 9.17) is 0 Å². The van der Waals surface area contributed by atoms with Crippen molar-refractivity contribution in [3.05, 3.63) is 12.5 Å². The van der Waals surface area contributed by atoms with Gasteiger partial charge in [0.1, 0.15) is 6.26 Å². The number of hydrogen-bond donors (Lipinski definition) is 1. The van der Waals surface area contributed by atoms with Crippen LogP contribution in [0.2, 0.25) is 0 Å². The summed E-state index contributed by atoms with van der Waals surface area (Å²) in [4.78, 5) is 0. The fourth-order valence-electron chi connectivity index (χ4n) is 0.917. The molecule has 0 aromatic heterocycles. The lowest BCUT2D eigenvalue weighted by atomic mass is 10.2. The van der Waals surface area contributed by atoms with Crippen LogP contribution in [-0.2, 0) is 4.74 Å². The molecule has 0 radical (unpaired) electrons. The van der Waals surface area contributed by atoms with Gasteiger partial charge in [-0.1, -0.05) is 46.0 Å². The van der Waals surface area contributed by atoms with Crippen molar-refractivity contribution in [1.29, 1.82) is 0 Å². The lowest BCUT2D eigenvalue weighted by Gasteiger charge is -1.90. The van der Waals surface area contributed by atoms with Crippen LogP contribution in [0.5, 0.6) is 0 Å². The Balaban J connectivity index is 0.000000211. The van der Waals surface area contributed by atoms with Gasteiger partial charge in [-0.25, -0.2) is 0 Å². The van der Waals surface area contributed by atoms with E-state index in [0.29, 0.717) is 6.73 Å². The van der Waals surface area contributed by atoms with Crippen LogP contribution in [0.3, 0.4) is 0 Å². The van der Waals surface area contributed by atoms with E-state index in [0.717, 1.165) is 0 Å². The van der Waals surface area contributed by atoms with E-state index >= 15 is 0 Å². The molecule has 0 aromatic carbocycles. The molecule has 72 valence electrons. The number of nitrogens with one attached hydrogen (secondary N) is 1. The predicted molar refractivity (Wildman–Crippen MR) is 52.7 cm³/mol. The number of ether oxygens (including phenoxy) is 1. The maximum atomic E-state index is 4.65. The Bertz CT molecular complexity index is 92.0. The molecule has 1 N–H and O–H groups in total. The Labute approximate surface area is 76.0 Å². The van der Waals surface area contributed by atoms with Crippen molar-refractivity contribution < 1.29 is 4.74 Å². The Morgan fingerprint density at radius 2 is 1.83 bits per heavy atom. The highest BCUT2D eigenvalue weighted by Gasteiger charge is 1.80. The average molecular weight is 171 g/mol. The first kappa shape index (κ1) is 11.3. The van der Waals surface area contributed by atoms with Crippen LogP contribution in [-0.4, -0.2) is 6.73 Å². The Morgan fingerprint density at radius 3 is 2.08 bits per heavy atom. The van der Waals surface area contributed by atoms with Crippen LogP contribution >= 0.6 is 0 Å². The number of unbranched alkanes of at least 4 members (excludes halogenated alkanes) is 4. The van der Waals surface area contributed by atoms with Gasteiger partial charge >= 0.3 is 0 Å². The van der Waals surface area contributed by atoms with Crippen LogP contribution in [0.15, 0.2) is 12.5 Å². The summed E-state index contributed by atoms with van der Waals surface area (Å²) in [5, 5.41) is 2.82. The average Bonchev–Trinajstić information content (AvgIpc) is 2.62. The van der Waals surface area contributed by atoms with Crippen molar-refractivity contribution in [2.75, 3.05) is 6.73 Å². The Kier molecular flexibility index (Phi) is 9.77. The maximum absolute atomic E-state index is 4.65. The van der Waals surface area contributed by atoms with Crippen molar-refractivity contribution in [3.63, 3.8) is 0 Å². The normalized spacial score (nSPS) is 12.8. The zero-order chi connectivity index (χ0) is 9.07. The van der Waals surface area contributed by atoms with E-state index in [1.54, 1.807) is 12.5 Å². The zero-order valence-electron chi connectivity index (χ0n) is 8.31. The van der Waals surface area contributed by atoms with E-state index in [9.17, 15) is 0 Å². The highest BCUT2D eigenvalue weighted by Crippen LogP contribution is 2.00. The second kappa shape index (κ2) is 10.3. The molecule has 0 aromatic rings. The number of hydrogen-bond acceptors (Lipinski definition) is 2. The van der Waals surface area contributed by atoms with Gasteiger partial charge in [0.05, 0.1) is 0 Å². The second-order valence-electron chi connectivity index (χ2n) is 2.88. The molecule has 0 bridgehead atoms. The van der Waals surface area contributed by atoms with Gasteiger partial charge in [0, 0.05) is 6.20 Å². The third-order valence-electron chi connectivity index (χ3n) is 1.66. The minimum absolute atomic E-state index is 0.639. The topological polar surface area (TPSA) is 21.3 Å². The molecule has 1 heterocycles. The standard InChI is InChI=1S/C7H16.C3H5NO/c1-3-5-7-6-4-2;1-2-5-3-4-1/h3-7H2,1-2H3;1-2,4H,3H2. The molecule has 0 aliphatic carbocycles. The molecule has 2 heteroatoms. The van der Waals surface area contributed by atoms with Crippen LogP contribution < -0.4 is 5.32 Å². The number of rotatable bonds is 4. The van der Waals surface area contributed by atoms with E-state index in [1.165, 1.54) is 32.1 Å². The summed E-state index contributed by atoms with van der Waals surface area (Å²) in [6, 6.07) is 0. The van der Waals surface area contributed by atoms with E-state index in [2.05, 4.69) is 23.9 Å². The van der Waals surface area contributed by atoms with Gasteiger partial charge in [-0.2, -0.15) is 0 Å². The van der Waals surface area contributed by atoms with Gasteiger partial charge in [0.25, 0.3) is 0 Å². The third kappa shape index (κ3) is 9.34. The summed E-state index contributed by atoms with van der Waals surface area (Å²) in [7, 11) is 0. The molecule has 2 nitrogen and oxygen atoms in total. The van der Waals surface area contributed by atoms with Crippen molar-refractivity contribution >= 4 is 0 Å². The Morgan fingerprint density at radius 1 is 1.17 bits per heavy atom. The van der Waals surface area contributed by atoms with Crippen molar-refractivity contribution in [1.82, 2.24) is 5.32 Å². The molecule has 1 aliphatic rings. The van der Waals surface area contributed by atoms with E-state index in [-0.39, 0.29) is 0 Å². The zero-order valence-corrected chi connectivity index (χ0v) is 8.31. The van der Waals surface area contributed by atoms with Crippen LogP contribution in [0, 0.1) is 0 Å². The summed E-state index contributed by atoms with van der Waals surface area (Å²) in [5.74, 6) is 0. The fourth-order valence-corrected chi connectivity index (χ4v) is 0.917. The second-order valence-corrected chi connectivity index (χ2v) is 2.88. The summed E-state index contributed by atoms with van der Waals surface area (Å²) in [6.45, 7) is 5.13. The molecule has 0 atom stereocenters. The molecule has 1 aliphatic heterocycles. The van der Waals surface area contributed by atoms with Crippen LogP contribution in [0.4, 0.5) is 0 Å². The minimum atomic E-state index is 0.639. The van der Waals surface area contributed by atoms with Gasteiger partial charge in [-0.15, -0.1) is 0 Å². The lowest BCUT2D eigenvalue weighted by Crippen LogP contribution is -1.98.